The fraction of sp³-hybridized carbons (Fsp3) is 0. The summed E-state index contributed by atoms with van der Waals surface area (Å²) in [6.07, 6.45) is 3.50. The van der Waals surface area contributed by atoms with Crippen LogP contribution >= 0.6 is 0 Å². The lowest BCUT2D eigenvalue weighted by Crippen LogP contribution is -2.13. The maximum absolute atomic E-state index is 12.6. The molecule has 2 aromatic carbocycles. The second-order valence-electron chi connectivity index (χ2n) is 4.96. The van der Waals surface area contributed by atoms with Crippen LogP contribution in [-0.4, -0.2) is 20.7 Å². The van der Waals surface area contributed by atoms with Crippen molar-refractivity contribution in [1.29, 1.82) is 0 Å². The molecule has 2 aromatic heterocycles. The van der Waals surface area contributed by atoms with Gasteiger partial charge in [0, 0.05) is 28.4 Å². The number of nitrogens with two attached hydrogens (primary N) is 1. The molecule has 0 aliphatic heterocycles. The van der Waals surface area contributed by atoms with Crippen molar-refractivity contribution in [3.05, 3.63) is 60.4 Å². The Bertz CT molecular complexity index is 980. The number of anilines is 1. The van der Waals surface area contributed by atoms with Gasteiger partial charge in [0.05, 0.1) is 11.7 Å². The van der Waals surface area contributed by atoms with Crippen molar-refractivity contribution in [2.45, 2.75) is 0 Å². The van der Waals surface area contributed by atoms with E-state index in [1.807, 2.05) is 36.5 Å². The molecule has 5 nitrogen and oxygen atoms in total. The van der Waals surface area contributed by atoms with Crippen molar-refractivity contribution in [3.8, 4) is 0 Å². The maximum atomic E-state index is 12.6. The number of aromatic amines is 1. The van der Waals surface area contributed by atoms with Gasteiger partial charge in [-0.2, -0.15) is 9.78 Å². The number of nitrogens with one attached hydrogen (secondary N) is 1. The predicted octanol–water partition coefficient (Wildman–Crippen LogP) is 2.79. The number of aromatic nitrogens is 3. The van der Waals surface area contributed by atoms with E-state index in [4.69, 9.17) is 5.73 Å². The number of rotatable bonds is 1. The first-order valence-corrected chi connectivity index (χ1v) is 6.57. The van der Waals surface area contributed by atoms with Crippen molar-refractivity contribution in [3.63, 3.8) is 0 Å². The standard InChI is InChI=1S/C16H12N4O/c17-13-3-4-15-12(7-13)9-19-20(15)16(21)11-2-1-10-5-6-18-14(10)8-11/h1-9,18H,17H2. The lowest BCUT2D eigenvalue weighted by Gasteiger charge is -2.03. The molecule has 0 spiro atoms. The number of nitrogens with zero attached hydrogens (tertiary/aromatic N) is 2. The molecule has 0 aliphatic rings. The minimum absolute atomic E-state index is 0.161. The summed E-state index contributed by atoms with van der Waals surface area (Å²) in [5.74, 6) is -0.161. The molecule has 0 bridgehead atoms. The molecule has 0 amide bonds. The van der Waals surface area contributed by atoms with Gasteiger partial charge in [-0.25, -0.2) is 0 Å². The van der Waals surface area contributed by atoms with E-state index in [-0.39, 0.29) is 5.91 Å². The van der Waals surface area contributed by atoms with Crippen molar-refractivity contribution in [2.24, 2.45) is 0 Å². The number of H-pyrrole nitrogens is 1. The molecule has 0 atom stereocenters. The van der Waals surface area contributed by atoms with Gasteiger partial charge >= 0.3 is 0 Å². The monoisotopic (exact) mass is 276 g/mol. The highest BCUT2D eigenvalue weighted by Crippen LogP contribution is 2.20. The van der Waals surface area contributed by atoms with Gasteiger partial charge < -0.3 is 10.7 Å². The number of carbonyl (C=O) groups excluding carboxylic acids is 1. The molecular weight excluding hydrogens is 264 g/mol. The lowest BCUT2D eigenvalue weighted by atomic mass is 10.1. The molecule has 0 aliphatic carbocycles. The molecule has 0 saturated carbocycles. The van der Waals surface area contributed by atoms with Crippen LogP contribution in [0.25, 0.3) is 21.8 Å². The summed E-state index contributed by atoms with van der Waals surface area (Å²) in [4.78, 5) is 15.7. The van der Waals surface area contributed by atoms with E-state index in [0.717, 1.165) is 21.8 Å². The smallest absolute Gasteiger partial charge is 0.278 e. The van der Waals surface area contributed by atoms with E-state index < -0.39 is 0 Å². The highest BCUT2D eigenvalue weighted by atomic mass is 16.2. The summed E-state index contributed by atoms with van der Waals surface area (Å²) in [6.45, 7) is 0. The zero-order valence-corrected chi connectivity index (χ0v) is 11.1. The molecular formula is C16H12N4O. The van der Waals surface area contributed by atoms with Gasteiger partial charge in [0.25, 0.3) is 5.91 Å². The molecule has 5 heteroatoms. The van der Waals surface area contributed by atoms with E-state index in [0.29, 0.717) is 11.3 Å². The van der Waals surface area contributed by atoms with Gasteiger partial charge in [0.15, 0.2) is 0 Å². The Kier molecular flexibility index (Phi) is 2.35. The number of carbonyl (C=O) groups is 1. The second-order valence-corrected chi connectivity index (χ2v) is 4.96. The fourth-order valence-electron chi connectivity index (χ4n) is 2.52. The molecule has 21 heavy (non-hydrogen) atoms. The summed E-state index contributed by atoms with van der Waals surface area (Å²) < 4.78 is 1.40. The Morgan fingerprint density at radius 2 is 2.00 bits per heavy atom. The van der Waals surface area contributed by atoms with Gasteiger partial charge in [-0.1, -0.05) is 6.07 Å². The Hall–Kier alpha value is -3.08. The molecule has 0 unspecified atom stereocenters. The van der Waals surface area contributed by atoms with Crippen molar-refractivity contribution in [2.75, 3.05) is 5.73 Å². The van der Waals surface area contributed by atoms with Gasteiger partial charge in [0.1, 0.15) is 0 Å². The quantitative estimate of drug-likeness (QED) is 0.525. The van der Waals surface area contributed by atoms with E-state index in [2.05, 4.69) is 10.1 Å². The summed E-state index contributed by atoms with van der Waals surface area (Å²) >= 11 is 0. The van der Waals surface area contributed by atoms with E-state index in [1.54, 1.807) is 18.3 Å². The number of fused-ring (bicyclic) bond motifs is 2. The highest BCUT2D eigenvalue weighted by molar-refractivity contribution is 6.03. The number of benzene rings is 2. The van der Waals surface area contributed by atoms with Crippen LogP contribution in [0, 0.1) is 0 Å². The van der Waals surface area contributed by atoms with Crippen LogP contribution < -0.4 is 5.73 Å². The Balaban J connectivity index is 1.85. The first-order chi connectivity index (χ1) is 10.2. The third-order valence-corrected chi connectivity index (χ3v) is 3.59. The third-order valence-electron chi connectivity index (χ3n) is 3.59. The average Bonchev–Trinajstić information content (AvgIpc) is 3.11. The molecule has 0 saturated heterocycles. The van der Waals surface area contributed by atoms with Crippen molar-refractivity contribution >= 4 is 33.4 Å². The van der Waals surface area contributed by atoms with Crippen LogP contribution in [0.1, 0.15) is 10.4 Å². The first kappa shape index (κ1) is 11.7. The Morgan fingerprint density at radius 3 is 2.90 bits per heavy atom. The molecule has 102 valence electrons. The van der Waals surface area contributed by atoms with Crippen LogP contribution in [0.4, 0.5) is 5.69 Å². The summed E-state index contributed by atoms with van der Waals surface area (Å²) in [6, 6.07) is 12.9. The normalized spacial score (nSPS) is 11.2. The summed E-state index contributed by atoms with van der Waals surface area (Å²) in [5.41, 5.74) is 8.67. The second kappa shape index (κ2) is 4.21. The first-order valence-electron chi connectivity index (χ1n) is 6.57. The van der Waals surface area contributed by atoms with Gasteiger partial charge in [0.2, 0.25) is 0 Å². The highest BCUT2D eigenvalue weighted by Gasteiger charge is 2.13. The maximum Gasteiger partial charge on any atom is 0.278 e. The Morgan fingerprint density at radius 1 is 1.10 bits per heavy atom. The van der Waals surface area contributed by atoms with E-state index in [9.17, 15) is 4.79 Å². The minimum Gasteiger partial charge on any atom is -0.399 e. The third kappa shape index (κ3) is 1.79. The number of hydrogen-bond acceptors (Lipinski definition) is 3. The van der Waals surface area contributed by atoms with E-state index >= 15 is 0 Å². The summed E-state index contributed by atoms with van der Waals surface area (Å²) in [5, 5.41) is 6.11. The van der Waals surface area contributed by atoms with Crippen molar-refractivity contribution in [1.82, 2.24) is 14.8 Å². The molecule has 3 N–H and O–H groups in total. The van der Waals surface area contributed by atoms with Gasteiger partial charge in [-0.15, -0.1) is 0 Å². The zero-order chi connectivity index (χ0) is 14.4. The molecule has 4 aromatic rings. The zero-order valence-electron chi connectivity index (χ0n) is 11.1. The van der Waals surface area contributed by atoms with Crippen LogP contribution in [0.3, 0.4) is 0 Å². The van der Waals surface area contributed by atoms with Gasteiger partial charge in [-0.05, 0) is 41.8 Å². The number of nitrogen functional groups attached to an aromatic ring is 1. The fourth-order valence-corrected chi connectivity index (χ4v) is 2.52. The predicted molar refractivity (Wildman–Crippen MR) is 82.2 cm³/mol. The van der Waals surface area contributed by atoms with Gasteiger partial charge in [-0.3, -0.25) is 4.79 Å². The van der Waals surface area contributed by atoms with E-state index in [1.165, 1.54) is 4.68 Å². The van der Waals surface area contributed by atoms with Crippen LogP contribution in [0.5, 0.6) is 0 Å². The van der Waals surface area contributed by atoms with Crippen LogP contribution in [0.15, 0.2) is 54.9 Å². The van der Waals surface area contributed by atoms with Crippen LogP contribution in [-0.2, 0) is 0 Å². The Labute approximate surface area is 120 Å². The topological polar surface area (TPSA) is 76.7 Å². The molecule has 0 radical (unpaired) electrons. The SMILES string of the molecule is Nc1ccc2c(cnn2C(=O)c2ccc3cc[nH]c3c2)c1. The molecule has 4 rings (SSSR count). The minimum atomic E-state index is -0.161. The van der Waals surface area contributed by atoms with Crippen LogP contribution in [0.2, 0.25) is 0 Å². The van der Waals surface area contributed by atoms with Crippen molar-refractivity contribution < 1.29 is 4.79 Å². The molecule has 0 fully saturated rings. The number of hydrogen-bond donors (Lipinski definition) is 2. The summed E-state index contributed by atoms with van der Waals surface area (Å²) in [7, 11) is 0. The average molecular weight is 276 g/mol. The largest absolute Gasteiger partial charge is 0.399 e. The lowest BCUT2D eigenvalue weighted by molar-refractivity contribution is 0.0950. The molecule has 2 heterocycles.